The summed E-state index contributed by atoms with van der Waals surface area (Å²) in [6.07, 6.45) is 3.44. The van der Waals surface area contributed by atoms with Crippen molar-refractivity contribution in [3.05, 3.63) is 17.5 Å². The lowest BCUT2D eigenvalue weighted by molar-refractivity contribution is 0.0947. The molecule has 1 amide bonds. The number of aromatic nitrogens is 2. The third-order valence-electron chi connectivity index (χ3n) is 2.85. The zero-order chi connectivity index (χ0) is 11.5. The molecule has 1 aromatic heterocycles. The van der Waals surface area contributed by atoms with E-state index in [1.165, 1.54) is 12.8 Å². The number of rotatable bonds is 5. The van der Waals surface area contributed by atoms with Crippen molar-refractivity contribution in [2.45, 2.75) is 39.0 Å². The summed E-state index contributed by atoms with van der Waals surface area (Å²) in [5.41, 5.74) is 1.62. The largest absolute Gasteiger partial charge is 0.351 e. The Morgan fingerprint density at radius 2 is 2.38 bits per heavy atom. The Bertz CT molecular complexity index is 366. The number of hydrogen-bond acceptors (Lipinski definition) is 2. The second-order valence-electron chi connectivity index (χ2n) is 4.92. The summed E-state index contributed by atoms with van der Waals surface area (Å²) in [6.45, 7) is 5.01. The van der Waals surface area contributed by atoms with E-state index in [9.17, 15) is 4.79 Å². The number of nitrogens with one attached hydrogen (secondary N) is 2. The summed E-state index contributed by atoms with van der Waals surface area (Å²) < 4.78 is 0. The summed E-state index contributed by atoms with van der Waals surface area (Å²) in [4.78, 5) is 11.7. The van der Waals surface area contributed by atoms with E-state index in [0.717, 1.165) is 18.7 Å². The highest BCUT2D eigenvalue weighted by Crippen LogP contribution is 2.38. The zero-order valence-corrected chi connectivity index (χ0v) is 9.92. The van der Waals surface area contributed by atoms with E-state index < -0.39 is 0 Å². The molecule has 0 radical (unpaired) electrons. The second kappa shape index (κ2) is 4.68. The number of nitrogens with zero attached hydrogens (tertiary/aromatic N) is 1. The van der Waals surface area contributed by atoms with E-state index in [0.29, 0.717) is 17.5 Å². The first kappa shape index (κ1) is 11.2. The van der Waals surface area contributed by atoms with Crippen LogP contribution in [0.2, 0.25) is 0 Å². The number of carbonyl (C=O) groups excluding carboxylic acids is 1. The SMILES string of the molecule is CC(C)CCNC(=O)c1cc(C2CC2)[nH]n1. The van der Waals surface area contributed by atoms with Gasteiger partial charge in [-0.1, -0.05) is 13.8 Å². The van der Waals surface area contributed by atoms with Crippen molar-refractivity contribution < 1.29 is 4.79 Å². The van der Waals surface area contributed by atoms with Gasteiger partial charge in [-0.2, -0.15) is 5.10 Å². The molecular formula is C12H19N3O. The van der Waals surface area contributed by atoms with Gasteiger partial charge in [0, 0.05) is 18.2 Å². The first-order valence-corrected chi connectivity index (χ1v) is 6.00. The van der Waals surface area contributed by atoms with E-state index in [1.54, 1.807) is 0 Å². The van der Waals surface area contributed by atoms with Crippen LogP contribution in [0.3, 0.4) is 0 Å². The van der Waals surface area contributed by atoms with Crippen LogP contribution in [-0.2, 0) is 0 Å². The maximum absolute atomic E-state index is 11.7. The number of aromatic amines is 1. The van der Waals surface area contributed by atoms with Crippen molar-refractivity contribution in [3.8, 4) is 0 Å². The average Bonchev–Trinajstić information content (AvgIpc) is 2.96. The molecule has 0 atom stereocenters. The van der Waals surface area contributed by atoms with Gasteiger partial charge in [-0.05, 0) is 31.2 Å². The highest BCUT2D eigenvalue weighted by atomic mass is 16.1. The molecule has 1 fully saturated rings. The van der Waals surface area contributed by atoms with Crippen molar-refractivity contribution in [1.29, 1.82) is 0 Å². The number of hydrogen-bond donors (Lipinski definition) is 2. The molecule has 2 rings (SSSR count). The van der Waals surface area contributed by atoms with Crippen LogP contribution in [0.5, 0.6) is 0 Å². The molecule has 4 nitrogen and oxygen atoms in total. The molecule has 16 heavy (non-hydrogen) atoms. The predicted octanol–water partition coefficient (Wildman–Crippen LogP) is 2.06. The molecule has 88 valence electrons. The average molecular weight is 221 g/mol. The smallest absolute Gasteiger partial charge is 0.271 e. The van der Waals surface area contributed by atoms with Gasteiger partial charge in [0.1, 0.15) is 5.69 Å². The number of amides is 1. The van der Waals surface area contributed by atoms with Crippen molar-refractivity contribution >= 4 is 5.91 Å². The summed E-state index contributed by atoms with van der Waals surface area (Å²) >= 11 is 0. The van der Waals surface area contributed by atoms with Crippen molar-refractivity contribution in [1.82, 2.24) is 15.5 Å². The maximum atomic E-state index is 11.7. The standard InChI is InChI=1S/C12H19N3O/c1-8(2)5-6-13-12(16)11-7-10(14-15-11)9-3-4-9/h7-9H,3-6H2,1-2H3,(H,13,16)(H,14,15). The Labute approximate surface area is 95.8 Å². The molecule has 1 saturated carbocycles. The van der Waals surface area contributed by atoms with Crippen molar-refractivity contribution in [2.24, 2.45) is 5.92 Å². The molecule has 1 aromatic rings. The summed E-state index contributed by atoms with van der Waals surface area (Å²) in [5, 5.41) is 9.86. The Morgan fingerprint density at radius 1 is 1.62 bits per heavy atom. The molecule has 0 aliphatic heterocycles. The fraction of sp³-hybridized carbons (Fsp3) is 0.667. The number of H-pyrrole nitrogens is 1. The van der Waals surface area contributed by atoms with Gasteiger partial charge < -0.3 is 5.32 Å². The van der Waals surface area contributed by atoms with Crippen LogP contribution in [0.4, 0.5) is 0 Å². The molecular weight excluding hydrogens is 202 g/mol. The van der Waals surface area contributed by atoms with Crippen molar-refractivity contribution in [2.75, 3.05) is 6.54 Å². The molecule has 1 aliphatic carbocycles. The number of carbonyl (C=O) groups is 1. The molecule has 0 spiro atoms. The fourth-order valence-electron chi connectivity index (χ4n) is 1.62. The summed E-state index contributed by atoms with van der Waals surface area (Å²) in [7, 11) is 0. The summed E-state index contributed by atoms with van der Waals surface area (Å²) in [5.74, 6) is 1.16. The van der Waals surface area contributed by atoms with Gasteiger partial charge in [-0.25, -0.2) is 0 Å². The van der Waals surface area contributed by atoms with E-state index >= 15 is 0 Å². The Balaban J connectivity index is 1.83. The van der Waals surface area contributed by atoms with E-state index in [4.69, 9.17) is 0 Å². The molecule has 0 bridgehead atoms. The molecule has 2 N–H and O–H groups in total. The van der Waals surface area contributed by atoms with E-state index in [-0.39, 0.29) is 5.91 Å². The van der Waals surface area contributed by atoms with Crippen LogP contribution in [0.1, 0.15) is 55.2 Å². The van der Waals surface area contributed by atoms with Crippen LogP contribution in [0, 0.1) is 5.92 Å². The summed E-state index contributed by atoms with van der Waals surface area (Å²) in [6, 6.07) is 1.88. The second-order valence-corrected chi connectivity index (χ2v) is 4.92. The van der Waals surface area contributed by atoms with Gasteiger partial charge >= 0.3 is 0 Å². The predicted molar refractivity (Wildman–Crippen MR) is 62.4 cm³/mol. The Hall–Kier alpha value is -1.32. The van der Waals surface area contributed by atoms with Gasteiger partial charge in [0.2, 0.25) is 0 Å². The molecule has 1 heterocycles. The Kier molecular flexibility index (Phi) is 3.27. The lowest BCUT2D eigenvalue weighted by Gasteiger charge is -2.04. The Morgan fingerprint density at radius 3 is 3.00 bits per heavy atom. The van der Waals surface area contributed by atoms with Crippen LogP contribution < -0.4 is 5.32 Å². The zero-order valence-electron chi connectivity index (χ0n) is 9.92. The van der Waals surface area contributed by atoms with Crippen LogP contribution in [0.15, 0.2) is 6.07 Å². The van der Waals surface area contributed by atoms with Gasteiger partial charge in [0.25, 0.3) is 5.91 Å². The minimum Gasteiger partial charge on any atom is -0.351 e. The highest BCUT2D eigenvalue weighted by Gasteiger charge is 2.26. The molecule has 1 aliphatic rings. The molecule has 0 unspecified atom stereocenters. The molecule has 4 heteroatoms. The minimum absolute atomic E-state index is 0.0659. The fourth-order valence-corrected chi connectivity index (χ4v) is 1.62. The third kappa shape index (κ3) is 2.84. The van der Waals surface area contributed by atoms with Crippen LogP contribution >= 0.6 is 0 Å². The normalized spacial score (nSPS) is 15.4. The first-order chi connectivity index (χ1) is 7.66. The quantitative estimate of drug-likeness (QED) is 0.799. The van der Waals surface area contributed by atoms with Gasteiger partial charge in [0.15, 0.2) is 0 Å². The topological polar surface area (TPSA) is 57.8 Å². The lowest BCUT2D eigenvalue weighted by Crippen LogP contribution is -2.25. The van der Waals surface area contributed by atoms with Crippen LogP contribution in [0.25, 0.3) is 0 Å². The lowest BCUT2D eigenvalue weighted by atomic mass is 10.1. The van der Waals surface area contributed by atoms with Crippen LogP contribution in [-0.4, -0.2) is 22.6 Å². The molecule has 0 aromatic carbocycles. The third-order valence-corrected chi connectivity index (χ3v) is 2.85. The highest BCUT2D eigenvalue weighted by molar-refractivity contribution is 5.92. The van der Waals surface area contributed by atoms with E-state index in [1.807, 2.05) is 6.07 Å². The minimum atomic E-state index is -0.0659. The van der Waals surface area contributed by atoms with Gasteiger partial charge in [-0.15, -0.1) is 0 Å². The van der Waals surface area contributed by atoms with Gasteiger partial charge in [-0.3, -0.25) is 9.89 Å². The monoisotopic (exact) mass is 221 g/mol. The van der Waals surface area contributed by atoms with Gasteiger partial charge in [0.05, 0.1) is 0 Å². The van der Waals surface area contributed by atoms with E-state index in [2.05, 4.69) is 29.4 Å². The maximum Gasteiger partial charge on any atom is 0.271 e. The molecule has 0 saturated heterocycles. The van der Waals surface area contributed by atoms with Crippen molar-refractivity contribution in [3.63, 3.8) is 0 Å². The first-order valence-electron chi connectivity index (χ1n) is 6.00.